The van der Waals surface area contributed by atoms with E-state index in [2.05, 4.69) is 139 Å². The summed E-state index contributed by atoms with van der Waals surface area (Å²) in [5, 5.41) is 27.1. The summed E-state index contributed by atoms with van der Waals surface area (Å²) in [6.45, 7) is 0. The van der Waals surface area contributed by atoms with Crippen LogP contribution in [-0.2, 0) is 0 Å². The van der Waals surface area contributed by atoms with Gasteiger partial charge in [0.2, 0.25) is 0 Å². The van der Waals surface area contributed by atoms with Crippen LogP contribution in [0.5, 0.6) is 0 Å². The molecule has 9 rings (SSSR count). The van der Waals surface area contributed by atoms with E-state index in [1.54, 1.807) is 0 Å². The minimum Gasteiger partial charge on any atom is -0.351 e. The first-order valence-corrected chi connectivity index (χ1v) is 13.8. The summed E-state index contributed by atoms with van der Waals surface area (Å²) < 4.78 is 0. The van der Waals surface area contributed by atoms with Crippen LogP contribution in [0.2, 0.25) is 0 Å². The molecule has 0 fully saturated rings. The van der Waals surface area contributed by atoms with E-state index in [-0.39, 0.29) is 24.2 Å². The van der Waals surface area contributed by atoms with Crippen molar-refractivity contribution in [3.05, 3.63) is 120 Å². The second kappa shape index (κ2) is 8.13. The first-order chi connectivity index (χ1) is 19.8. The van der Waals surface area contributed by atoms with Gasteiger partial charge in [-0.25, -0.2) is 0 Å². The average molecular weight is 525 g/mol. The largest absolute Gasteiger partial charge is 0.351 e. The number of H-pyrrole nitrogens is 2. The molecule has 5 aliphatic rings. The third-order valence-corrected chi connectivity index (χ3v) is 8.56. The summed E-state index contributed by atoms with van der Waals surface area (Å²) in [6, 6.07) is 17.0. The molecule has 0 saturated carbocycles. The van der Waals surface area contributed by atoms with Crippen LogP contribution in [0, 0.1) is 11.8 Å². The van der Waals surface area contributed by atoms with Crippen LogP contribution in [0.25, 0.3) is 21.5 Å². The van der Waals surface area contributed by atoms with Crippen LogP contribution in [0.4, 0.5) is 23.3 Å². The fourth-order valence-corrected chi connectivity index (χ4v) is 6.67. The molecule has 0 saturated heterocycles. The molecule has 8 nitrogen and oxygen atoms in total. The third-order valence-electron chi connectivity index (χ3n) is 8.56. The maximum absolute atomic E-state index is 3.80. The smallest absolute Gasteiger partial charge is 0.118 e. The Hall–Kier alpha value is -5.24. The molecule has 4 aromatic rings. The van der Waals surface area contributed by atoms with E-state index in [0.717, 1.165) is 56.5 Å². The minimum absolute atomic E-state index is 0.0313. The Labute approximate surface area is 230 Å². The fourth-order valence-electron chi connectivity index (χ4n) is 6.67. The number of rotatable bonds is 0. The van der Waals surface area contributed by atoms with E-state index in [9.17, 15) is 0 Å². The molecule has 4 atom stereocenters. The number of nitrogens with one attached hydrogen (secondary N) is 8. The van der Waals surface area contributed by atoms with Crippen molar-refractivity contribution in [3.8, 4) is 0 Å². The van der Waals surface area contributed by atoms with Crippen molar-refractivity contribution in [1.82, 2.24) is 20.6 Å². The highest BCUT2D eigenvalue weighted by molar-refractivity contribution is 6.03. The highest BCUT2D eigenvalue weighted by Crippen LogP contribution is 2.40. The number of anilines is 4. The predicted molar refractivity (Wildman–Crippen MR) is 163 cm³/mol. The highest BCUT2D eigenvalue weighted by Gasteiger charge is 2.36. The molecule has 0 radical (unpaired) electrons. The maximum atomic E-state index is 3.80. The van der Waals surface area contributed by atoms with Gasteiger partial charge < -0.3 is 41.9 Å². The van der Waals surface area contributed by atoms with Gasteiger partial charge in [0.05, 0.1) is 0 Å². The van der Waals surface area contributed by atoms with Gasteiger partial charge in [-0.3, -0.25) is 0 Å². The summed E-state index contributed by atoms with van der Waals surface area (Å²) in [6.07, 6.45) is 17.3. The Morgan fingerprint density at radius 1 is 0.450 bits per heavy atom. The van der Waals surface area contributed by atoms with E-state index < -0.39 is 0 Å². The topological polar surface area (TPSA) is 104 Å². The van der Waals surface area contributed by atoms with E-state index in [0.29, 0.717) is 0 Å². The van der Waals surface area contributed by atoms with Crippen LogP contribution >= 0.6 is 0 Å². The predicted octanol–water partition coefficient (Wildman–Crippen LogP) is 5.78. The molecule has 0 amide bonds. The van der Waals surface area contributed by atoms with Gasteiger partial charge in [0, 0.05) is 44.5 Å². The Morgan fingerprint density at radius 2 is 0.875 bits per heavy atom. The molecule has 0 spiro atoms. The Balaban J connectivity index is 1.23. The lowest BCUT2D eigenvalue weighted by Crippen LogP contribution is -2.38. The number of hydrogen-bond donors (Lipinski definition) is 8. The molecular weight excluding hydrogens is 496 g/mol. The van der Waals surface area contributed by atoms with Crippen molar-refractivity contribution in [2.75, 3.05) is 21.3 Å². The van der Waals surface area contributed by atoms with Crippen molar-refractivity contribution < 1.29 is 0 Å². The lowest BCUT2D eigenvalue weighted by molar-refractivity contribution is 0.589. The standard InChI is InChI=1S/C32H28N8/c1-2-10-18-17(9-1)25-33-26(18)38-28-21-13-5-6-14-22(21)30(35-28)40-32-24-16-8-7-15-23(24)31(36-32)39-29-20-12-4-3-11-19(20)27(34-29)37-25/h1-17,23,25,31,33-40H. The van der Waals surface area contributed by atoms with Crippen LogP contribution in [0.15, 0.2) is 120 Å². The number of benzene rings is 2. The molecule has 3 aliphatic heterocycles. The van der Waals surface area contributed by atoms with Crippen molar-refractivity contribution in [3.63, 3.8) is 0 Å². The number of aromatic amines is 2. The van der Waals surface area contributed by atoms with Crippen LogP contribution < -0.4 is 31.9 Å². The van der Waals surface area contributed by atoms with Gasteiger partial charge in [0.25, 0.3) is 0 Å². The number of aromatic nitrogens is 2. The van der Waals surface area contributed by atoms with E-state index in [1.807, 2.05) is 0 Å². The lowest BCUT2D eigenvalue weighted by Gasteiger charge is -2.23. The van der Waals surface area contributed by atoms with Gasteiger partial charge in [-0.1, -0.05) is 97.1 Å². The monoisotopic (exact) mass is 524 g/mol. The first kappa shape index (κ1) is 21.7. The molecule has 8 heteroatoms. The van der Waals surface area contributed by atoms with Gasteiger partial charge in [-0.2, -0.15) is 0 Å². The minimum atomic E-state index is -0.0313. The van der Waals surface area contributed by atoms with E-state index in [4.69, 9.17) is 0 Å². The molecule has 2 aliphatic carbocycles. The Kier molecular flexibility index (Phi) is 4.40. The zero-order valence-corrected chi connectivity index (χ0v) is 21.5. The average Bonchev–Trinajstić information content (AvgIpc) is 3.73. The first-order valence-electron chi connectivity index (χ1n) is 13.8. The van der Waals surface area contributed by atoms with E-state index >= 15 is 0 Å². The van der Waals surface area contributed by atoms with Crippen molar-refractivity contribution in [1.29, 1.82) is 0 Å². The molecule has 2 aromatic carbocycles. The normalized spacial score (nSPS) is 25.6. The molecular formula is C32H28N8. The van der Waals surface area contributed by atoms with Crippen molar-refractivity contribution in [2.24, 2.45) is 11.8 Å². The second-order valence-electron chi connectivity index (χ2n) is 10.8. The maximum Gasteiger partial charge on any atom is 0.118 e. The van der Waals surface area contributed by atoms with Crippen LogP contribution in [0.3, 0.4) is 0 Å². The van der Waals surface area contributed by atoms with Crippen molar-refractivity contribution in [2.45, 2.75) is 12.3 Å². The van der Waals surface area contributed by atoms with Gasteiger partial charge >= 0.3 is 0 Å². The van der Waals surface area contributed by atoms with E-state index in [1.165, 1.54) is 11.1 Å². The summed E-state index contributed by atoms with van der Waals surface area (Å²) in [7, 11) is 0. The zero-order valence-electron chi connectivity index (χ0n) is 21.5. The summed E-state index contributed by atoms with van der Waals surface area (Å²) >= 11 is 0. The Bertz CT molecular complexity index is 1760. The molecule has 2 aromatic heterocycles. The molecule has 4 unspecified atom stereocenters. The molecule has 196 valence electrons. The third kappa shape index (κ3) is 3.13. The second-order valence-corrected chi connectivity index (χ2v) is 10.8. The van der Waals surface area contributed by atoms with Gasteiger partial charge in [-0.05, 0) is 0 Å². The summed E-state index contributed by atoms with van der Waals surface area (Å²) in [5.41, 5.74) is 2.44. The van der Waals surface area contributed by atoms with Gasteiger partial charge in [0.15, 0.2) is 0 Å². The van der Waals surface area contributed by atoms with Gasteiger partial charge in [0.1, 0.15) is 47.2 Å². The van der Waals surface area contributed by atoms with Crippen LogP contribution in [0.1, 0.15) is 0 Å². The molecule has 8 bridgehead atoms. The molecule has 5 heterocycles. The molecule has 8 N–H and O–H groups in total. The SMILES string of the molecule is C1=CC2=C3Nc4[nH]c(c5ccccc45)NC4=C5C=CC=CC5C(N4)Nc4[nH]c(c5ccccc45)NC(N3)C2C=C1. The lowest BCUT2D eigenvalue weighted by atomic mass is 9.94. The zero-order chi connectivity index (χ0) is 26.2. The van der Waals surface area contributed by atoms with Crippen molar-refractivity contribution >= 4 is 44.8 Å². The Morgan fingerprint density at radius 3 is 1.35 bits per heavy atom. The summed E-state index contributed by atoms with van der Waals surface area (Å²) in [4.78, 5) is 7.34. The number of allylic oxidation sites excluding steroid dienone is 6. The van der Waals surface area contributed by atoms with Crippen LogP contribution in [-0.4, -0.2) is 22.3 Å². The highest BCUT2D eigenvalue weighted by atomic mass is 15.3. The number of fused-ring (bicyclic) bond motifs is 18. The van der Waals surface area contributed by atoms with Gasteiger partial charge in [-0.15, -0.1) is 0 Å². The fraction of sp³-hybridized carbons (Fsp3) is 0.125. The number of hydrogen-bond acceptors (Lipinski definition) is 6. The molecule has 40 heavy (non-hydrogen) atoms. The quantitative estimate of drug-likeness (QED) is 0.148. The summed E-state index contributed by atoms with van der Waals surface area (Å²) in [5.74, 6) is 6.20.